The Kier molecular flexibility index (Phi) is 5.89. The van der Waals surface area contributed by atoms with Gasteiger partial charge in [0.05, 0.1) is 31.6 Å². The molecule has 2 aromatic rings. The number of carbonyl (C=O) groups is 1. The molecule has 0 aliphatic rings. The summed E-state index contributed by atoms with van der Waals surface area (Å²) in [6, 6.07) is 14.4. The topological polar surface area (TPSA) is 71.3 Å². The second-order valence-electron chi connectivity index (χ2n) is 4.50. The molecule has 0 aliphatic carbocycles. The Balaban J connectivity index is 2.24. The molecule has 0 saturated heterocycles. The fraction of sp³-hybridized carbons (Fsp3) is 0.176. The van der Waals surface area contributed by atoms with Crippen LogP contribution in [0.15, 0.2) is 47.4 Å². The summed E-state index contributed by atoms with van der Waals surface area (Å²) in [5.41, 5.74) is 1.10. The summed E-state index contributed by atoms with van der Waals surface area (Å²) < 4.78 is 10.4. The van der Waals surface area contributed by atoms with E-state index in [1.807, 2.05) is 12.1 Å². The van der Waals surface area contributed by atoms with Gasteiger partial charge in [0.2, 0.25) is 0 Å². The molecule has 0 unspecified atom stereocenters. The number of anilines is 1. The van der Waals surface area contributed by atoms with Crippen LogP contribution in [-0.4, -0.2) is 25.9 Å². The van der Waals surface area contributed by atoms with Crippen molar-refractivity contribution < 1.29 is 14.3 Å². The van der Waals surface area contributed by atoms with Crippen molar-refractivity contribution in [2.45, 2.75) is 4.90 Å². The molecule has 118 valence electrons. The van der Waals surface area contributed by atoms with Crippen LogP contribution in [0, 0.1) is 11.3 Å². The number of ether oxygens (including phenoxy) is 2. The number of nitrogens with zero attached hydrogens (tertiary/aromatic N) is 1. The van der Waals surface area contributed by atoms with Crippen LogP contribution in [0.4, 0.5) is 5.69 Å². The van der Waals surface area contributed by atoms with Crippen molar-refractivity contribution in [2.75, 3.05) is 25.3 Å². The molecule has 0 aromatic heterocycles. The maximum Gasteiger partial charge on any atom is 0.256 e. The van der Waals surface area contributed by atoms with E-state index in [0.717, 1.165) is 4.90 Å². The van der Waals surface area contributed by atoms with Gasteiger partial charge in [0.15, 0.2) is 0 Å². The third-order valence-corrected chi connectivity index (χ3v) is 3.97. The molecule has 0 aliphatic heterocycles. The maximum absolute atomic E-state index is 12.5. The number of hydrogen-bond donors (Lipinski definition) is 1. The fourth-order valence-corrected chi connectivity index (χ4v) is 2.68. The van der Waals surface area contributed by atoms with Crippen molar-refractivity contribution >= 4 is 23.4 Å². The van der Waals surface area contributed by atoms with Crippen molar-refractivity contribution in [1.82, 2.24) is 0 Å². The zero-order valence-electron chi connectivity index (χ0n) is 12.8. The average molecular weight is 328 g/mol. The lowest BCUT2D eigenvalue weighted by atomic mass is 10.2. The molecular formula is C17H16N2O3S. The lowest BCUT2D eigenvalue weighted by molar-refractivity contribution is 0.102. The van der Waals surface area contributed by atoms with Crippen LogP contribution < -0.4 is 14.8 Å². The Bertz CT molecular complexity index is 719. The smallest absolute Gasteiger partial charge is 0.256 e. The lowest BCUT2D eigenvalue weighted by Gasteiger charge is -2.11. The molecule has 6 heteroatoms. The minimum Gasteiger partial charge on any atom is -0.497 e. The molecule has 2 aromatic carbocycles. The second kappa shape index (κ2) is 8.11. The first-order valence-electron chi connectivity index (χ1n) is 6.81. The molecule has 0 spiro atoms. The van der Waals surface area contributed by atoms with E-state index in [-0.39, 0.29) is 11.7 Å². The zero-order chi connectivity index (χ0) is 16.7. The highest BCUT2D eigenvalue weighted by Crippen LogP contribution is 2.27. The van der Waals surface area contributed by atoms with E-state index < -0.39 is 0 Å². The average Bonchev–Trinajstić information content (AvgIpc) is 2.59. The lowest BCUT2D eigenvalue weighted by Crippen LogP contribution is -2.13. The molecule has 0 fully saturated rings. The van der Waals surface area contributed by atoms with Gasteiger partial charge in [-0.25, -0.2) is 0 Å². The van der Waals surface area contributed by atoms with Crippen LogP contribution in [0.5, 0.6) is 11.5 Å². The van der Waals surface area contributed by atoms with E-state index in [2.05, 4.69) is 11.4 Å². The Morgan fingerprint density at radius 1 is 1.17 bits per heavy atom. The number of methoxy groups -OCH3 is 2. The minimum absolute atomic E-state index is 0.249. The van der Waals surface area contributed by atoms with Crippen LogP contribution in [0.1, 0.15) is 10.4 Å². The van der Waals surface area contributed by atoms with E-state index >= 15 is 0 Å². The predicted octanol–water partition coefficient (Wildman–Crippen LogP) is 3.57. The highest BCUT2D eigenvalue weighted by Gasteiger charge is 2.12. The Morgan fingerprint density at radius 3 is 2.43 bits per heavy atom. The van der Waals surface area contributed by atoms with Gasteiger partial charge >= 0.3 is 0 Å². The number of benzene rings is 2. The van der Waals surface area contributed by atoms with Gasteiger partial charge < -0.3 is 14.8 Å². The van der Waals surface area contributed by atoms with Gasteiger partial charge in [-0.05, 0) is 12.1 Å². The van der Waals surface area contributed by atoms with Gasteiger partial charge in [0, 0.05) is 28.8 Å². The number of carbonyl (C=O) groups excluding carboxylic acids is 1. The number of nitriles is 1. The standard InChI is InChI=1S/C17H16N2O3S/c1-21-13-9-12(10-14(11-13)22-2)19-17(20)15-5-3-4-6-16(15)23-8-7-18/h3-6,9-11H,8H2,1-2H3,(H,19,20). The molecule has 0 heterocycles. The SMILES string of the molecule is COc1cc(NC(=O)c2ccccc2SCC#N)cc(OC)c1. The number of amides is 1. The summed E-state index contributed by atoms with van der Waals surface area (Å²) >= 11 is 1.33. The van der Waals surface area contributed by atoms with Crippen LogP contribution in [0.25, 0.3) is 0 Å². The summed E-state index contributed by atoms with van der Waals surface area (Å²) in [4.78, 5) is 13.3. The predicted molar refractivity (Wildman–Crippen MR) is 90.3 cm³/mol. The molecule has 23 heavy (non-hydrogen) atoms. The minimum atomic E-state index is -0.249. The number of hydrogen-bond acceptors (Lipinski definition) is 5. The van der Waals surface area contributed by atoms with Gasteiger partial charge in [0.1, 0.15) is 11.5 Å². The first-order chi connectivity index (χ1) is 11.2. The quantitative estimate of drug-likeness (QED) is 0.821. The molecule has 0 atom stereocenters. The molecule has 1 amide bonds. The van der Waals surface area contributed by atoms with E-state index in [9.17, 15) is 4.79 Å². The Labute approximate surface area is 139 Å². The summed E-state index contributed by atoms with van der Waals surface area (Å²) in [5, 5.41) is 11.5. The van der Waals surface area contributed by atoms with Crippen molar-refractivity contribution in [3.8, 4) is 17.6 Å². The molecule has 5 nitrogen and oxygen atoms in total. The molecule has 2 rings (SSSR count). The second-order valence-corrected chi connectivity index (χ2v) is 5.52. The number of rotatable bonds is 6. The Morgan fingerprint density at radius 2 is 1.83 bits per heavy atom. The van der Waals surface area contributed by atoms with Crippen molar-refractivity contribution in [3.63, 3.8) is 0 Å². The first-order valence-corrected chi connectivity index (χ1v) is 7.79. The van der Waals surface area contributed by atoms with Crippen molar-refractivity contribution in [1.29, 1.82) is 5.26 Å². The number of thioether (sulfide) groups is 1. The first kappa shape index (κ1) is 16.7. The van der Waals surface area contributed by atoms with E-state index in [0.29, 0.717) is 22.7 Å². The summed E-state index contributed by atoms with van der Waals surface area (Å²) in [6.45, 7) is 0. The molecular weight excluding hydrogens is 312 g/mol. The van der Waals surface area contributed by atoms with E-state index in [1.165, 1.54) is 11.8 Å². The van der Waals surface area contributed by atoms with Gasteiger partial charge in [0.25, 0.3) is 5.91 Å². The van der Waals surface area contributed by atoms with Crippen LogP contribution >= 0.6 is 11.8 Å². The van der Waals surface area contributed by atoms with Crippen molar-refractivity contribution in [2.24, 2.45) is 0 Å². The fourth-order valence-electron chi connectivity index (χ4n) is 1.97. The summed E-state index contributed by atoms with van der Waals surface area (Å²) in [6.07, 6.45) is 0. The van der Waals surface area contributed by atoms with Crippen LogP contribution in [0.2, 0.25) is 0 Å². The third kappa shape index (κ3) is 4.41. The summed E-state index contributed by atoms with van der Waals surface area (Å²) in [7, 11) is 3.10. The normalized spacial score (nSPS) is 9.78. The van der Waals surface area contributed by atoms with Crippen LogP contribution in [-0.2, 0) is 0 Å². The van der Waals surface area contributed by atoms with Gasteiger partial charge in [-0.3, -0.25) is 4.79 Å². The van der Waals surface area contributed by atoms with E-state index in [4.69, 9.17) is 14.7 Å². The Hall–Kier alpha value is -2.65. The molecule has 1 N–H and O–H groups in total. The number of nitrogens with one attached hydrogen (secondary N) is 1. The summed E-state index contributed by atoms with van der Waals surface area (Å²) in [5.74, 6) is 1.22. The van der Waals surface area contributed by atoms with Gasteiger partial charge in [-0.1, -0.05) is 12.1 Å². The molecule has 0 saturated carbocycles. The van der Waals surface area contributed by atoms with Gasteiger partial charge in [-0.15, -0.1) is 11.8 Å². The zero-order valence-corrected chi connectivity index (χ0v) is 13.6. The third-order valence-electron chi connectivity index (χ3n) is 3.03. The molecule has 0 bridgehead atoms. The van der Waals surface area contributed by atoms with Crippen LogP contribution in [0.3, 0.4) is 0 Å². The highest BCUT2D eigenvalue weighted by atomic mass is 32.2. The van der Waals surface area contributed by atoms with Crippen molar-refractivity contribution in [3.05, 3.63) is 48.0 Å². The van der Waals surface area contributed by atoms with E-state index in [1.54, 1.807) is 44.6 Å². The highest BCUT2D eigenvalue weighted by molar-refractivity contribution is 7.99. The maximum atomic E-state index is 12.5. The van der Waals surface area contributed by atoms with Gasteiger partial charge in [-0.2, -0.15) is 5.26 Å². The largest absolute Gasteiger partial charge is 0.497 e. The molecule has 0 radical (unpaired) electrons. The monoisotopic (exact) mass is 328 g/mol.